The Morgan fingerprint density at radius 1 is 1.45 bits per heavy atom. The van der Waals surface area contributed by atoms with E-state index in [2.05, 4.69) is 6.92 Å². The first-order valence-corrected chi connectivity index (χ1v) is 7.00. The molecule has 2 atom stereocenters. The standard InChI is InChI=1S/C14H16ClNO4/c1-9-4-2-5-10(8-9)20-14(17)11-6-3-7-12(15)13(11)16(18)19/h3,6-7,9-10H,2,4-5,8H2,1H3. The van der Waals surface area contributed by atoms with E-state index in [1.54, 1.807) is 0 Å². The number of esters is 1. The third kappa shape index (κ3) is 3.28. The van der Waals surface area contributed by atoms with Crippen molar-refractivity contribution >= 4 is 23.3 Å². The largest absolute Gasteiger partial charge is 0.459 e. The molecule has 1 aliphatic rings. The van der Waals surface area contributed by atoms with Crippen LogP contribution in [-0.4, -0.2) is 17.0 Å². The summed E-state index contributed by atoms with van der Waals surface area (Å²) in [6, 6.07) is 4.27. The maximum absolute atomic E-state index is 12.1. The molecule has 0 saturated heterocycles. The van der Waals surface area contributed by atoms with Crippen LogP contribution in [0.15, 0.2) is 18.2 Å². The second kappa shape index (κ2) is 6.22. The Morgan fingerprint density at radius 2 is 2.20 bits per heavy atom. The van der Waals surface area contributed by atoms with Gasteiger partial charge in [-0.2, -0.15) is 0 Å². The van der Waals surface area contributed by atoms with Crippen molar-refractivity contribution in [2.24, 2.45) is 5.92 Å². The summed E-state index contributed by atoms with van der Waals surface area (Å²) in [4.78, 5) is 22.5. The Balaban J connectivity index is 2.17. The number of nitro benzene ring substituents is 1. The smallest absolute Gasteiger partial charge is 0.345 e. The number of nitrogens with zero attached hydrogens (tertiary/aromatic N) is 1. The van der Waals surface area contributed by atoms with Crippen LogP contribution in [0.5, 0.6) is 0 Å². The summed E-state index contributed by atoms with van der Waals surface area (Å²) in [5.41, 5.74) is -0.469. The lowest BCUT2D eigenvalue weighted by Crippen LogP contribution is -2.25. The summed E-state index contributed by atoms with van der Waals surface area (Å²) in [5, 5.41) is 11.0. The lowest BCUT2D eigenvalue weighted by molar-refractivity contribution is -0.385. The molecule has 6 heteroatoms. The fourth-order valence-electron chi connectivity index (χ4n) is 2.57. The Hall–Kier alpha value is -1.62. The van der Waals surface area contributed by atoms with Crippen LogP contribution in [0.4, 0.5) is 5.69 Å². The van der Waals surface area contributed by atoms with E-state index in [9.17, 15) is 14.9 Å². The highest BCUT2D eigenvalue weighted by molar-refractivity contribution is 6.33. The molecule has 0 radical (unpaired) electrons. The van der Waals surface area contributed by atoms with Crippen molar-refractivity contribution in [2.75, 3.05) is 0 Å². The van der Waals surface area contributed by atoms with Crippen molar-refractivity contribution < 1.29 is 14.5 Å². The summed E-state index contributed by atoms with van der Waals surface area (Å²) in [5.74, 6) is -0.158. The third-order valence-corrected chi connectivity index (χ3v) is 3.86. The van der Waals surface area contributed by atoms with Crippen LogP contribution in [-0.2, 0) is 4.74 Å². The zero-order chi connectivity index (χ0) is 14.7. The molecule has 0 N–H and O–H groups in total. The van der Waals surface area contributed by atoms with E-state index < -0.39 is 10.9 Å². The second-order valence-corrected chi connectivity index (χ2v) is 5.60. The Morgan fingerprint density at radius 3 is 2.85 bits per heavy atom. The van der Waals surface area contributed by atoms with Crippen LogP contribution in [0.25, 0.3) is 0 Å². The van der Waals surface area contributed by atoms with E-state index >= 15 is 0 Å². The zero-order valence-electron chi connectivity index (χ0n) is 11.2. The molecular weight excluding hydrogens is 282 g/mol. The molecule has 108 valence electrons. The fourth-order valence-corrected chi connectivity index (χ4v) is 2.81. The van der Waals surface area contributed by atoms with Gasteiger partial charge in [-0.25, -0.2) is 4.79 Å². The number of rotatable bonds is 3. The molecule has 1 fully saturated rings. The van der Waals surface area contributed by atoms with Crippen molar-refractivity contribution in [3.8, 4) is 0 Å². The quantitative estimate of drug-likeness (QED) is 0.480. The maximum Gasteiger partial charge on any atom is 0.345 e. The molecular formula is C14H16ClNO4. The van der Waals surface area contributed by atoms with Gasteiger partial charge in [-0.1, -0.05) is 31.0 Å². The summed E-state index contributed by atoms with van der Waals surface area (Å²) in [7, 11) is 0. The van der Waals surface area contributed by atoms with Crippen LogP contribution in [0.3, 0.4) is 0 Å². The molecule has 0 amide bonds. The molecule has 1 aromatic carbocycles. The van der Waals surface area contributed by atoms with E-state index in [0.29, 0.717) is 5.92 Å². The SMILES string of the molecule is CC1CCCC(OC(=O)c2cccc(Cl)c2[N+](=O)[O-])C1. The predicted molar refractivity (Wildman–Crippen MR) is 74.9 cm³/mol. The zero-order valence-corrected chi connectivity index (χ0v) is 11.9. The highest BCUT2D eigenvalue weighted by Gasteiger charge is 2.28. The van der Waals surface area contributed by atoms with Gasteiger partial charge < -0.3 is 4.74 Å². The number of hydrogen-bond acceptors (Lipinski definition) is 4. The minimum Gasteiger partial charge on any atom is -0.459 e. The number of halogens is 1. The summed E-state index contributed by atoms with van der Waals surface area (Å²) >= 11 is 5.78. The average molecular weight is 298 g/mol. The van der Waals surface area contributed by atoms with Crippen LogP contribution in [0, 0.1) is 16.0 Å². The predicted octanol–water partition coefficient (Wildman–Crippen LogP) is 3.98. The van der Waals surface area contributed by atoms with Crippen molar-refractivity contribution in [1.29, 1.82) is 0 Å². The lowest BCUT2D eigenvalue weighted by atomic mass is 9.89. The van der Waals surface area contributed by atoms with Crippen LogP contribution in [0.1, 0.15) is 43.0 Å². The maximum atomic E-state index is 12.1. The number of hydrogen-bond donors (Lipinski definition) is 0. The Kier molecular flexibility index (Phi) is 4.60. The normalized spacial score (nSPS) is 22.3. The van der Waals surface area contributed by atoms with E-state index in [0.717, 1.165) is 25.7 Å². The molecule has 1 saturated carbocycles. The van der Waals surface area contributed by atoms with Crippen molar-refractivity contribution in [3.05, 3.63) is 38.9 Å². The lowest BCUT2D eigenvalue weighted by Gasteiger charge is -2.26. The molecule has 20 heavy (non-hydrogen) atoms. The van der Waals surface area contributed by atoms with Gasteiger partial charge in [-0.05, 0) is 37.3 Å². The van der Waals surface area contributed by atoms with Gasteiger partial charge in [0.05, 0.1) is 4.92 Å². The van der Waals surface area contributed by atoms with Gasteiger partial charge in [0.2, 0.25) is 0 Å². The summed E-state index contributed by atoms with van der Waals surface area (Å²) in [6.07, 6.45) is 3.59. The van der Waals surface area contributed by atoms with Gasteiger partial charge in [0.1, 0.15) is 16.7 Å². The molecule has 5 nitrogen and oxygen atoms in total. The van der Waals surface area contributed by atoms with Crippen LogP contribution < -0.4 is 0 Å². The van der Waals surface area contributed by atoms with Crippen molar-refractivity contribution in [2.45, 2.75) is 38.7 Å². The third-order valence-electron chi connectivity index (χ3n) is 3.55. The van der Waals surface area contributed by atoms with Crippen LogP contribution in [0.2, 0.25) is 5.02 Å². The molecule has 0 bridgehead atoms. The Bertz CT molecular complexity index is 532. The number of nitro groups is 1. The van der Waals surface area contributed by atoms with E-state index in [-0.39, 0.29) is 22.4 Å². The van der Waals surface area contributed by atoms with E-state index in [4.69, 9.17) is 16.3 Å². The molecule has 0 spiro atoms. The highest BCUT2D eigenvalue weighted by Crippen LogP contribution is 2.31. The first-order chi connectivity index (χ1) is 9.49. The Labute approximate surface area is 122 Å². The molecule has 0 aromatic heterocycles. The molecule has 2 unspecified atom stereocenters. The van der Waals surface area contributed by atoms with Crippen molar-refractivity contribution in [1.82, 2.24) is 0 Å². The topological polar surface area (TPSA) is 69.4 Å². The van der Waals surface area contributed by atoms with E-state index in [1.807, 2.05) is 0 Å². The van der Waals surface area contributed by atoms with Gasteiger partial charge in [0.25, 0.3) is 0 Å². The molecule has 0 aliphatic heterocycles. The number of carbonyl (C=O) groups excluding carboxylic acids is 1. The summed E-state index contributed by atoms with van der Waals surface area (Å²) < 4.78 is 5.39. The van der Waals surface area contributed by atoms with E-state index in [1.165, 1.54) is 18.2 Å². The number of para-hydroxylation sites is 1. The first kappa shape index (κ1) is 14.8. The summed E-state index contributed by atoms with van der Waals surface area (Å²) in [6.45, 7) is 2.11. The van der Waals surface area contributed by atoms with Crippen molar-refractivity contribution in [3.63, 3.8) is 0 Å². The second-order valence-electron chi connectivity index (χ2n) is 5.19. The highest BCUT2D eigenvalue weighted by atomic mass is 35.5. The molecule has 1 aromatic rings. The van der Waals surface area contributed by atoms with Gasteiger partial charge in [0.15, 0.2) is 0 Å². The van der Waals surface area contributed by atoms with Crippen LogP contribution >= 0.6 is 11.6 Å². The number of carbonyl (C=O) groups is 1. The number of ether oxygens (including phenoxy) is 1. The fraction of sp³-hybridized carbons (Fsp3) is 0.500. The van der Waals surface area contributed by atoms with Gasteiger partial charge in [-0.15, -0.1) is 0 Å². The molecule has 0 heterocycles. The first-order valence-electron chi connectivity index (χ1n) is 6.63. The monoisotopic (exact) mass is 297 g/mol. The van der Waals surface area contributed by atoms with Gasteiger partial charge in [-0.3, -0.25) is 10.1 Å². The molecule has 2 rings (SSSR count). The number of benzene rings is 1. The molecule has 1 aliphatic carbocycles. The van der Waals surface area contributed by atoms with Gasteiger partial charge >= 0.3 is 11.7 Å². The average Bonchev–Trinajstić information content (AvgIpc) is 2.37. The van der Waals surface area contributed by atoms with Gasteiger partial charge in [0, 0.05) is 0 Å². The minimum atomic E-state index is -0.668. The minimum absolute atomic E-state index is 0.0542.